The summed E-state index contributed by atoms with van der Waals surface area (Å²) in [7, 11) is 0. The maximum Gasteiger partial charge on any atom is 0.258 e. The second kappa shape index (κ2) is 7.84. The number of para-hydroxylation sites is 1. The maximum atomic E-state index is 13.2. The lowest BCUT2D eigenvalue weighted by molar-refractivity contribution is 0.0706. The molecule has 1 atom stereocenters. The molecule has 3 aromatic rings. The van der Waals surface area contributed by atoms with Crippen LogP contribution in [0.15, 0.2) is 53.1 Å². The van der Waals surface area contributed by atoms with Crippen molar-refractivity contribution < 1.29 is 14.1 Å². The van der Waals surface area contributed by atoms with E-state index in [1.165, 1.54) is 5.56 Å². The van der Waals surface area contributed by atoms with E-state index >= 15 is 0 Å². The Morgan fingerprint density at radius 2 is 2.00 bits per heavy atom. The van der Waals surface area contributed by atoms with E-state index in [9.17, 15) is 4.79 Å². The van der Waals surface area contributed by atoms with E-state index in [1.54, 1.807) is 6.07 Å². The van der Waals surface area contributed by atoms with Crippen LogP contribution >= 0.6 is 0 Å². The van der Waals surface area contributed by atoms with Crippen LogP contribution in [0.25, 0.3) is 11.4 Å². The van der Waals surface area contributed by atoms with E-state index in [0.717, 1.165) is 18.4 Å². The molecule has 1 fully saturated rings. The van der Waals surface area contributed by atoms with Crippen LogP contribution in [0.2, 0.25) is 0 Å². The lowest BCUT2D eigenvalue weighted by atomic mass is 10.1. The zero-order valence-corrected chi connectivity index (χ0v) is 16.1. The van der Waals surface area contributed by atoms with Crippen molar-refractivity contribution in [2.75, 3.05) is 13.2 Å². The zero-order valence-electron chi connectivity index (χ0n) is 16.1. The summed E-state index contributed by atoms with van der Waals surface area (Å²) in [5.41, 5.74) is 2.64. The number of aryl methyl sites for hydroxylation is 1. The summed E-state index contributed by atoms with van der Waals surface area (Å²) in [5, 5.41) is 4.13. The fraction of sp³-hybridized carbons (Fsp3) is 0.318. The molecule has 4 rings (SSSR count). The van der Waals surface area contributed by atoms with E-state index < -0.39 is 0 Å². The number of benzene rings is 2. The van der Waals surface area contributed by atoms with Gasteiger partial charge in [0.25, 0.3) is 5.91 Å². The van der Waals surface area contributed by atoms with Gasteiger partial charge in [0.2, 0.25) is 11.7 Å². The molecule has 1 aliphatic rings. The first-order valence-corrected chi connectivity index (χ1v) is 9.61. The summed E-state index contributed by atoms with van der Waals surface area (Å²) >= 11 is 0. The zero-order chi connectivity index (χ0) is 19.5. The van der Waals surface area contributed by atoms with E-state index in [2.05, 4.69) is 10.1 Å². The molecule has 0 spiro atoms. The van der Waals surface area contributed by atoms with Crippen LogP contribution in [0.3, 0.4) is 0 Å². The molecule has 0 radical (unpaired) electrons. The molecule has 1 aromatic heterocycles. The first-order chi connectivity index (χ1) is 13.7. The smallest absolute Gasteiger partial charge is 0.258 e. The molecule has 1 amide bonds. The van der Waals surface area contributed by atoms with Crippen molar-refractivity contribution in [1.29, 1.82) is 0 Å². The summed E-state index contributed by atoms with van der Waals surface area (Å²) in [6.45, 7) is 5.11. The molecule has 144 valence electrons. The Labute approximate surface area is 164 Å². The van der Waals surface area contributed by atoms with Gasteiger partial charge in [-0.3, -0.25) is 4.79 Å². The van der Waals surface area contributed by atoms with Crippen LogP contribution in [-0.4, -0.2) is 34.1 Å². The molecule has 6 nitrogen and oxygen atoms in total. The normalized spacial score (nSPS) is 16.4. The van der Waals surface area contributed by atoms with E-state index in [-0.39, 0.29) is 11.9 Å². The van der Waals surface area contributed by atoms with Crippen molar-refractivity contribution in [1.82, 2.24) is 15.0 Å². The third kappa shape index (κ3) is 3.50. The lowest BCUT2D eigenvalue weighted by Crippen LogP contribution is -2.31. The molecular weight excluding hydrogens is 354 g/mol. The van der Waals surface area contributed by atoms with Gasteiger partial charge < -0.3 is 14.2 Å². The van der Waals surface area contributed by atoms with Gasteiger partial charge in [-0.15, -0.1) is 0 Å². The molecule has 0 aliphatic carbocycles. The van der Waals surface area contributed by atoms with Crippen molar-refractivity contribution in [2.24, 2.45) is 0 Å². The second-order valence-corrected chi connectivity index (χ2v) is 6.91. The topological polar surface area (TPSA) is 68.5 Å². The Hall–Kier alpha value is -3.15. The molecule has 28 heavy (non-hydrogen) atoms. The number of rotatable bonds is 5. The van der Waals surface area contributed by atoms with Gasteiger partial charge in [0.1, 0.15) is 11.8 Å². The molecule has 0 saturated carbocycles. The minimum atomic E-state index is -0.214. The van der Waals surface area contributed by atoms with Crippen molar-refractivity contribution in [3.05, 3.63) is 65.5 Å². The fourth-order valence-corrected chi connectivity index (χ4v) is 3.54. The van der Waals surface area contributed by atoms with Gasteiger partial charge in [-0.25, -0.2) is 0 Å². The predicted molar refractivity (Wildman–Crippen MR) is 105 cm³/mol. The molecule has 0 bridgehead atoms. The Morgan fingerprint density at radius 1 is 1.21 bits per heavy atom. The van der Waals surface area contributed by atoms with Crippen LogP contribution < -0.4 is 4.74 Å². The minimum absolute atomic E-state index is 0.0679. The average Bonchev–Trinajstić information content (AvgIpc) is 3.38. The Kier molecular flexibility index (Phi) is 5.10. The van der Waals surface area contributed by atoms with Crippen molar-refractivity contribution in [3.63, 3.8) is 0 Å². The van der Waals surface area contributed by atoms with Crippen LogP contribution in [0.5, 0.6) is 5.75 Å². The van der Waals surface area contributed by atoms with Crippen LogP contribution in [0.4, 0.5) is 0 Å². The SMILES string of the molecule is CCOc1ccccc1C(=O)N1CCC[C@@H]1c1nc(-c2ccc(C)cc2)no1. The maximum absolute atomic E-state index is 13.2. The number of amides is 1. The molecule has 6 heteroatoms. The number of nitrogens with zero attached hydrogens (tertiary/aromatic N) is 3. The number of aromatic nitrogens is 2. The molecule has 2 heterocycles. The highest BCUT2D eigenvalue weighted by atomic mass is 16.5. The van der Waals surface area contributed by atoms with Gasteiger partial charge in [0, 0.05) is 12.1 Å². The van der Waals surface area contributed by atoms with Crippen molar-refractivity contribution >= 4 is 5.91 Å². The molecule has 2 aromatic carbocycles. The predicted octanol–water partition coefficient (Wildman–Crippen LogP) is 4.42. The Bertz CT molecular complexity index is 965. The quantitative estimate of drug-likeness (QED) is 0.658. The Balaban J connectivity index is 1.59. The third-order valence-electron chi connectivity index (χ3n) is 4.97. The molecular formula is C22H23N3O3. The highest BCUT2D eigenvalue weighted by molar-refractivity contribution is 5.97. The van der Waals surface area contributed by atoms with Gasteiger partial charge in [-0.05, 0) is 38.8 Å². The first kappa shape index (κ1) is 18.2. The number of hydrogen-bond acceptors (Lipinski definition) is 5. The lowest BCUT2D eigenvalue weighted by Gasteiger charge is -2.23. The summed E-state index contributed by atoms with van der Waals surface area (Å²) in [5.74, 6) is 1.56. The van der Waals surface area contributed by atoms with Gasteiger partial charge in [-0.1, -0.05) is 47.1 Å². The van der Waals surface area contributed by atoms with E-state index in [1.807, 2.05) is 61.2 Å². The van der Waals surface area contributed by atoms with E-state index in [0.29, 0.717) is 36.2 Å². The van der Waals surface area contributed by atoms with Crippen LogP contribution in [0.1, 0.15) is 47.6 Å². The summed E-state index contributed by atoms with van der Waals surface area (Å²) < 4.78 is 11.2. The summed E-state index contributed by atoms with van der Waals surface area (Å²) in [6.07, 6.45) is 1.70. The number of carbonyl (C=O) groups excluding carboxylic acids is 1. The van der Waals surface area contributed by atoms with Crippen LogP contribution in [0, 0.1) is 6.92 Å². The summed E-state index contributed by atoms with van der Waals surface area (Å²) in [6, 6.07) is 15.1. The number of ether oxygens (including phenoxy) is 1. The third-order valence-corrected chi connectivity index (χ3v) is 4.97. The molecule has 1 saturated heterocycles. The van der Waals surface area contributed by atoms with Gasteiger partial charge in [0.15, 0.2) is 0 Å². The van der Waals surface area contributed by atoms with Gasteiger partial charge in [-0.2, -0.15) is 4.98 Å². The highest BCUT2D eigenvalue weighted by Crippen LogP contribution is 2.34. The summed E-state index contributed by atoms with van der Waals surface area (Å²) in [4.78, 5) is 19.6. The molecule has 0 unspecified atom stereocenters. The van der Waals surface area contributed by atoms with Gasteiger partial charge in [0.05, 0.1) is 12.2 Å². The molecule has 1 aliphatic heterocycles. The average molecular weight is 377 g/mol. The number of carbonyl (C=O) groups is 1. The molecule has 0 N–H and O–H groups in total. The number of hydrogen-bond donors (Lipinski definition) is 0. The first-order valence-electron chi connectivity index (χ1n) is 9.61. The standard InChI is InChI=1S/C22H23N3O3/c1-3-27-19-9-5-4-7-17(19)22(26)25-14-6-8-18(25)21-23-20(24-28-21)16-12-10-15(2)11-13-16/h4-5,7,9-13,18H,3,6,8,14H2,1-2H3/t18-/m1/s1. The largest absolute Gasteiger partial charge is 0.493 e. The monoisotopic (exact) mass is 377 g/mol. The van der Waals surface area contributed by atoms with Crippen molar-refractivity contribution in [2.45, 2.75) is 32.7 Å². The van der Waals surface area contributed by atoms with Crippen LogP contribution in [-0.2, 0) is 0 Å². The van der Waals surface area contributed by atoms with Gasteiger partial charge >= 0.3 is 0 Å². The Morgan fingerprint density at radius 3 is 2.79 bits per heavy atom. The second-order valence-electron chi connectivity index (χ2n) is 6.91. The fourth-order valence-electron chi connectivity index (χ4n) is 3.54. The number of likely N-dealkylation sites (tertiary alicyclic amines) is 1. The van der Waals surface area contributed by atoms with E-state index in [4.69, 9.17) is 9.26 Å². The van der Waals surface area contributed by atoms with Crippen molar-refractivity contribution in [3.8, 4) is 17.1 Å². The highest BCUT2D eigenvalue weighted by Gasteiger charge is 2.35. The minimum Gasteiger partial charge on any atom is -0.493 e.